The molecule has 0 saturated carbocycles. The molecule has 120 valence electrons. The molecule has 2 amide bonds. The van der Waals surface area contributed by atoms with Crippen LogP contribution in [0.2, 0.25) is 0 Å². The van der Waals surface area contributed by atoms with Crippen LogP contribution in [0.5, 0.6) is 5.75 Å². The summed E-state index contributed by atoms with van der Waals surface area (Å²) in [5.74, 6) is -0.735. The van der Waals surface area contributed by atoms with Crippen LogP contribution in [0.15, 0.2) is 36.5 Å². The summed E-state index contributed by atoms with van der Waals surface area (Å²) in [6, 6.07) is 7.88. The largest absolute Gasteiger partial charge is 0.497 e. The number of hydrogen-bond acceptors (Lipinski definition) is 5. The SMILES string of the molecule is C=C1NC(=O)N[C@@H](c2cccc(OC)c2)[C@@H]1C(=O)OCCC#N. The molecule has 0 spiro atoms. The van der Waals surface area contributed by atoms with E-state index >= 15 is 0 Å². The molecule has 1 heterocycles. The molecule has 23 heavy (non-hydrogen) atoms. The molecule has 7 nitrogen and oxygen atoms in total. The number of amides is 2. The summed E-state index contributed by atoms with van der Waals surface area (Å²) in [5.41, 5.74) is 0.950. The number of ether oxygens (including phenoxy) is 2. The van der Waals surface area contributed by atoms with E-state index in [1.807, 2.05) is 6.07 Å². The Morgan fingerprint density at radius 1 is 1.48 bits per heavy atom. The molecule has 0 aromatic heterocycles. The van der Waals surface area contributed by atoms with Crippen molar-refractivity contribution in [3.63, 3.8) is 0 Å². The summed E-state index contributed by atoms with van der Waals surface area (Å²) in [6.07, 6.45) is 0.106. The van der Waals surface area contributed by atoms with Crippen molar-refractivity contribution in [1.82, 2.24) is 10.6 Å². The molecular formula is C16H17N3O4. The Hall–Kier alpha value is -3.01. The summed E-state index contributed by atoms with van der Waals surface area (Å²) in [6.45, 7) is 3.74. The molecule has 1 fully saturated rings. The van der Waals surface area contributed by atoms with Crippen LogP contribution >= 0.6 is 0 Å². The molecule has 1 aliphatic heterocycles. The highest BCUT2D eigenvalue weighted by atomic mass is 16.5. The Morgan fingerprint density at radius 2 is 2.26 bits per heavy atom. The summed E-state index contributed by atoms with van der Waals surface area (Å²) < 4.78 is 10.3. The number of benzene rings is 1. The third-order valence-electron chi connectivity index (χ3n) is 3.43. The number of rotatable bonds is 5. The maximum Gasteiger partial charge on any atom is 0.319 e. The van der Waals surface area contributed by atoms with Gasteiger partial charge in [-0.15, -0.1) is 0 Å². The van der Waals surface area contributed by atoms with Crippen molar-refractivity contribution in [3.8, 4) is 11.8 Å². The first-order chi connectivity index (χ1) is 11.1. The molecule has 0 radical (unpaired) electrons. The first kappa shape index (κ1) is 16.4. The molecule has 0 bridgehead atoms. The molecule has 2 atom stereocenters. The lowest BCUT2D eigenvalue weighted by atomic mass is 9.89. The molecule has 2 N–H and O–H groups in total. The number of nitriles is 1. The van der Waals surface area contributed by atoms with Gasteiger partial charge < -0.3 is 20.1 Å². The molecule has 1 saturated heterocycles. The lowest BCUT2D eigenvalue weighted by Crippen LogP contribution is -2.51. The van der Waals surface area contributed by atoms with Crippen molar-refractivity contribution in [2.75, 3.05) is 13.7 Å². The molecule has 7 heteroatoms. The summed E-state index contributed by atoms with van der Waals surface area (Å²) in [5, 5.41) is 13.7. The van der Waals surface area contributed by atoms with E-state index in [4.69, 9.17) is 14.7 Å². The highest BCUT2D eigenvalue weighted by molar-refractivity contribution is 5.85. The standard InChI is InChI=1S/C16H17N3O4/c1-10-13(15(20)23-8-4-7-17)14(19-16(21)18-10)11-5-3-6-12(9-11)22-2/h3,5-6,9,13-14H,1,4,8H2,2H3,(H2,18,19,21)/t13-,14+/m1/s1. The number of esters is 1. The number of hydrogen-bond donors (Lipinski definition) is 2. The number of nitrogens with zero attached hydrogens (tertiary/aromatic N) is 1. The normalized spacial score (nSPS) is 20.0. The molecule has 0 aliphatic carbocycles. The highest BCUT2D eigenvalue weighted by Gasteiger charge is 2.38. The van der Waals surface area contributed by atoms with Crippen molar-refractivity contribution < 1.29 is 19.1 Å². The van der Waals surface area contributed by atoms with Crippen LogP contribution in [0.4, 0.5) is 4.79 Å². The molecular weight excluding hydrogens is 298 g/mol. The lowest BCUT2D eigenvalue weighted by molar-refractivity contribution is -0.148. The maximum atomic E-state index is 12.3. The van der Waals surface area contributed by atoms with Gasteiger partial charge in [0, 0.05) is 5.70 Å². The van der Waals surface area contributed by atoms with Crippen LogP contribution in [-0.2, 0) is 9.53 Å². The molecule has 0 unspecified atom stereocenters. The zero-order valence-electron chi connectivity index (χ0n) is 12.7. The van der Waals surface area contributed by atoms with E-state index in [-0.39, 0.29) is 18.7 Å². The fourth-order valence-corrected chi connectivity index (χ4v) is 2.36. The van der Waals surface area contributed by atoms with Gasteiger partial charge in [0.25, 0.3) is 0 Å². The fourth-order valence-electron chi connectivity index (χ4n) is 2.36. The van der Waals surface area contributed by atoms with Gasteiger partial charge >= 0.3 is 12.0 Å². The summed E-state index contributed by atoms with van der Waals surface area (Å²) in [4.78, 5) is 24.0. The van der Waals surface area contributed by atoms with Gasteiger partial charge in [0.15, 0.2) is 0 Å². The number of methoxy groups -OCH3 is 1. The second-order valence-corrected chi connectivity index (χ2v) is 4.93. The monoisotopic (exact) mass is 315 g/mol. The third-order valence-corrected chi connectivity index (χ3v) is 3.43. The van der Waals surface area contributed by atoms with Gasteiger partial charge in [0.1, 0.15) is 18.3 Å². The van der Waals surface area contributed by atoms with Gasteiger partial charge in [-0.3, -0.25) is 4.79 Å². The summed E-state index contributed by atoms with van der Waals surface area (Å²) in [7, 11) is 1.53. The van der Waals surface area contributed by atoms with Crippen LogP contribution in [-0.4, -0.2) is 25.7 Å². The van der Waals surface area contributed by atoms with Crippen LogP contribution in [0.3, 0.4) is 0 Å². The lowest BCUT2D eigenvalue weighted by Gasteiger charge is -2.33. The van der Waals surface area contributed by atoms with Crippen molar-refractivity contribution in [1.29, 1.82) is 5.26 Å². The third kappa shape index (κ3) is 3.80. The van der Waals surface area contributed by atoms with Gasteiger partial charge in [-0.25, -0.2) is 4.79 Å². The van der Waals surface area contributed by atoms with E-state index in [0.29, 0.717) is 11.3 Å². The van der Waals surface area contributed by atoms with Gasteiger partial charge in [0.05, 0.1) is 25.6 Å². The van der Waals surface area contributed by atoms with Crippen LogP contribution < -0.4 is 15.4 Å². The topological polar surface area (TPSA) is 100 Å². The van der Waals surface area contributed by atoms with E-state index < -0.39 is 24.0 Å². The number of urea groups is 1. The van der Waals surface area contributed by atoms with E-state index in [1.54, 1.807) is 24.3 Å². The molecule has 2 rings (SSSR count). The van der Waals surface area contributed by atoms with Crippen molar-refractivity contribution in [2.45, 2.75) is 12.5 Å². The molecule has 1 aromatic rings. The van der Waals surface area contributed by atoms with E-state index in [0.717, 1.165) is 0 Å². The second-order valence-electron chi connectivity index (χ2n) is 4.93. The Labute approximate surface area is 133 Å². The molecule has 1 aromatic carbocycles. The summed E-state index contributed by atoms with van der Waals surface area (Å²) >= 11 is 0. The molecule has 1 aliphatic rings. The van der Waals surface area contributed by atoms with Gasteiger partial charge in [-0.1, -0.05) is 18.7 Å². The number of nitrogens with one attached hydrogen (secondary N) is 2. The quantitative estimate of drug-likeness (QED) is 0.635. The van der Waals surface area contributed by atoms with Crippen LogP contribution in [0.1, 0.15) is 18.0 Å². The Kier molecular flexibility index (Phi) is 5.20. The highest BCUT2D eigenvalue weighted by Crippen LogP contribution is 2.31. The van der Waals surface area contributed by atoms with Crippen molar-refractivity contribution in [2.24, 2.45) is 5.92 Å². The zero-order valence-corrected chi connectivity index (χ0v) is 12.7. The smallest absolute Gasteiger partial charge is 0.319 e. The first-order valence-electron chi connectivity index (χ1n) is 7.00. The predicted octanol–water partition coefficient (Wildman–Crippen LogP) is 1.64. The van der Waals surface area contributed by atoms with Crippen molar-refractivity contribution >= 4 is 12.0 Å². The van der Waals surface area contributed by atoms with Crippen LogP contribution in [0, 0.1) is 17.2 Å². The Morgan fingerprint density at radius 3 is 2.96 bits per heavy atom. The van der Waals surface area contributed by atoms with Crippen LogP contribution in [0.25, 0.3) is 0 Å². The average molecular weight is 315 g/mol. The Balaban J connectivity index is 2.27. The van der Waals surface area contributed by atoms with Gasteiger partial charge in [-0.05, 0) is 17.7 Å². The minimum absolute atomic E-state index is 0.00209. The predicted molar refractivity (Wildman–Crippen MR) is 81.2 cm³/mol. The van der Waals surface area contributed by atoms with E-state index in [9.17, 15) is 9.59 Å². The fraction of sp³-hybridized carbons (Fsp3) is 0.312. The second kappa shape index (κ2) is 7.31. The minimum atomic E-state index is -0.793. The van der Waals surface area contributed by atoms with E-state index in [1.165, 1.54) is 7.11 Å². The maximum absolute atomic E-state index is 12.3. The van der Waals surface area contributed by atoms with Gasteiger partial charge in [-0.2, -0.15) is 5.26 Å². The average Bonchev–Trinajstić information content (AvgIpc) is 2.54. The van der Waals surface area contributed by atoms with Gasteiger partial charge in [0.2, 0.25) is 0 Å². The number of carbonyl (C=O) groups excluding carboxylic acids is 2. The minimum Gasteiger partial charge on any atom is -0.497 e. The first-order valence-corrected chi connectivity index (χ1v) is 7.00. The Bertz CT molecular complexity index is 666. The van der Waals surface area contributed by atoms with E-state index in [2.05, 4.69) is 17.2 Å². The zero-order chi connectivity index (χ0) is 16.8. The van der Waals surface area contributed by atoms with Crippen molar-refractivity contribution in [3.05, 3.63) is 42.1 Å². The number of carbonyl (C=O) groups is 2.